The highest BCUT2D eigenvalue weighted by atomic mass is 16.5. The lowest BCUT2D eigenvalue weighted by atomic mass is 9.49. The van der Waals surface area contributed by atoms with Crippen molar-refractivity contribution < 1.29 is 14.3 Å². The van der Waals surface area contributed by atoms with E-state index in [0.717, 1.165) is 24.3 Å². The van der Waals surface area contributed by atoms with Gasteiger partial charge in [-0.15, -0.1) is 0 Å². The largest absolute Gasteiger partial charge is 0.463 e. The Morgan fingerprint density at radius 2 is 1.81 bits per heavy atom. The molecule has 0 radical (unpaired) electrons. The van der Waals surface area contributed by atoms with Crippen molar-refractivity contribution in [2.24, 2.45) is 23.2 Å². The van der Waals surface area contributed by atoms with Crippen LogP contribution >= 0.6 is 0 Å². The molecule has 0 saturated heterocycles. The van der Waals surface area contributed by atoms with Crippen molar-refractivity contribution in [2.75, 3.05) is 33.3 Å². The van der Waals surface area contributed by atoms with Gasteiger partial charge in [0.05, 0.1) is 18.7 Å². The monoisotopic (exact) mass is 361 g/mol. The van der Waals surface area contributed by atoms with E-state index >= 15 is 0 Å². The van der Waals surface area contributed by atoms with Crippen molar-refractivity contribution in [2.45, 2.75) is 45.4 Å². The number of hydrogen-bond donors (Lipinski definition) is 2. The summed E-state index contributed by atoms with van der Waals surface area (Å²) in [5.41, 5.74) is 1.69. The lowest BCUT2D eigenvalue weighted by Gasteiger charge is -2.57. The number of nitrogens with one attached hydrogen (secondary N) is 2. The molecular formula is C20H31N3O3. The van der Waals surface area contributed by atoms with E-state index in [9.17, 15) is 9.59 Å². The molecular weight excluding hydrogens is 330 g/mol. The van der Waals surface area contributed by atoms with Crippen molar-refractivity contribution in [3.8, 4) is 0 Å². The van der Waals surface area contributed by atoms with Gasteiger partial charge >= 0.3 is 12.0 Å². The van der Waals surface area contributed by atoms with Gasteiger partial charge in [0, 0.05) is 18.8 Å². The number of amides is 2. The first-order chi connectivity index (χ1) is 12.5. The molecule has 1 heterocycles. The van der Waals surface area contributed by atoms with Crippen LogP contribution in [-0.2, 0) is 9.53 Å². The molecule has 2 N–H and O–H groups in total. The van der Waals surface area contributed by atoms with Crippen LogP contribution in [0.4, 0.5) is 4.79 Å². The predicted molar refractivity (Wildman–Crippen MR) is 98.3 cm³/mol. The molecule has 0 aromatic rings. The third-order valence-electron chi connectivity index (χ3n) is 6.77. The second-order valence-electron chi connectivity index (χ2n) is 9.08. The standard InChI is InChI=1S/C20H31N3O3/c1-3-26-18(24)16-10-21-19(25)22-17(16)11-23(2)12-20-7-13-4-14(8-20)6-15(5-13)9-20/h13-15H,3-12H2,1-2H3,(H2,21,22,25). The molecule has 4 bridgehead atoms. The van der Waals surface area contributed by atoms with Crippen LogP contribution < -0.4 is 10.6 Å². The molecule has 0 unspecified atom stereocenters. The lowest BCUT2D eigenvalue weighted by molar-refractivity contribution is -0.138. The summed E-state index contributed by atoms with van der Waals surface area (Å²) in [5.74, 6) is 2.46. The van der Waals surface area contributed by atoms with Gasteiger partial charge in [0.25, 0.3) is 0 Å². The van der Waals surface area contributed by atoms with Gasteiger partial charge in [-0.3, -0.25) is 0 Å². The van der Waals surface area contributed by atoms with Crippen molar-refractivity contribution in [3.05, 3.63) is 11.3 Å². The van der Waals surface area contributed by atoms with E-state index in [0.29, 0.717) is 29.8 Å². The van der Waals surface area contributed by atoms with E-state index in [-0.39, 0.29) is 18.5 Å². The molecule has 0 atom stereocenters. The number of rotatable bonds is 6. The van der Waals surface area contributed by atoms with Gasteiger partial charge in [-0.2, -0.15) is 0 Å². The SMILES string of the molecule is CCOC(=O)C1=C(CN(C)CC23CC4CC(CC(C4)C2)C3)NC(=O)NC1. The van der Waals surface area contributed by atoms with E-state index in [1.54, 1.807) is 6.92 Å². The fourth-order valence-electron chi connectivity index (χ4n) is 6.46. The summed E-state index contributed by atoms with van der Waals surface area (Å²) in [6.07, 6.45) is 8.43. The van der Waals surface area contributed by atoms with Crippen molar-refractivity contribution >= 4 is 12.0 Å². The van der Waals surface area contributed by atoms with Gasteiger partial charge in [-0.1, -0.05) is 0 Å². The highest BCUT2D eigenvalue weighted by Gasteiger charge is 2.51. The van der Waals surface area contributed by atoms with E-state index < -0.39 is 0 Å². The third-order valence-corrected chi connectivity index (χ3v) is 6.77. The Labute approximate surface area is 155 Å². The molecule has 144 valence electrons. The molecule has 6 heteroatoms. The zero-order valence-electron chi connectivity index (χ0n) is 16.0. The van der Waals surface area contributed by atoms with Crippen LogP contribution in [0, 0.1) is 23.2 Å². The van der Waals surface area contributed by atoms with Gasteiger partial charge in [-0.25, -0.2) is 9.59 Å². The topological polar surface area (TPSA) is 70.7 Å². The molecule has 4 aliphatic carbocycles. The van der Waals surface area contributed by atoms with Crippen molar-refractivity contribution in [3.63, 3.8) is 0 Å². The zero-order valence-corrected chi connectivity index (χ0v) is 16.0. The second-order valence-corrected chi connectivity index (χ2v) is 9.08. The second kappa shape index (κ2) is 6.87. The number of nitrogens with zero attached hydrogens (tertiary/aromatic N) is 1. The van der Waals surface area contributed by atoms with Gasteiger partial charge in [0.15, 0.2) is 0 Å². The van der Waals surface area contributed by atoms with Crippen LogP contribution in [0.2, 0.25) is 0 Å². The van der Waals surface area contributed by atoms with Crippen molar-refractivity contribution in [1.82, 2.24) is 15.5 Å². The fraction of sp³-hybridized carbons (Fsp3) is 0.800. The van der Waals surface area contributed by atoms with E-state index in [4.69, 9.17) is 4.74 Å². The Bertz CT molecular complexity index is 593. The predicted octanol–water partition coefficient (Wildman–Crippen LogP) is 2.26. The summed E-state index contributed by atoms with van der Waals surface area (Å²) < 4.78 is 5.16. The lowest BCUT2D eigenvalue weighted by Crippen LogP contribution is -2.52. The molecule has 0 aromatic heterocycles. The number of carbonyl (C=O) groups excluding carboxylic acids is 2. The van der Waals surface area contributed by atoms with Gasteiger partial charge < -0.3 is 20.3 Å². The highest BCUT2D eigenvalue weighted by Crippen LogP contribution is 2.60. The van der Waals surface area contributed by atoms with Crippen LogP contribution in [0.5, 0.6) is 0 Å². The van der Waals surface area contributed by atoms with Crippen LogP contribution in [0.3, 0.4) is 0 Å². The molecule has 4 saturated carbocycles. The number of likely N-dealkylation sites (N-methyl/N-ethyl adjacent to an activating group) is 1. The molecule has 1 aliphatic heterocycles. The first-order valence-electron chi connectivity index (χ1n) is 10.1. The number of esters is 1. The van der Waals surface area contributed by atoms with E-state index in [2.05, 4.69) is 22.6 Å². The summed E-state index contributed by atoms with van der Waals surface area (Å²) >= 11 is 0. The Hall–Kier alpha value is -1.56. The van der Waals surface area contributed by atoms with Crippen LogP contribution in [0.15, 0.2) is 11.3 Å². The zero-order chi connectivity index (χ0) is 18.3. The van der Waals surface area contributed by atoms with Crippen LogP contribution in [0.1, 0.15) is 45.4 Å². The molecule has 26 heavy (non-hydrogen) atoms. The smallest absolute Gasteiger partial charge is 0.337 e. The molecule has 5 aliphatic rings. The number of ether oxygens (including phenoxy) is 1. The quantitative estimate of drug-likeness (QED) is 0.712. The molecule has 5 rings (SSSR count). The van der Waals surface area contributed by atoms with Crippen LogP contribution in [-0.4, -0.2) is 50.2 Å². The summed E-state index contributed by atoms with van der Waals surface area (Å²) in [7, 11) is 2.11. The summed E-state index contributed by atoms with van der Waals surface area (Å²) in [5, 5.41) is 5.51. The third kappa shape index (κ3) is 3.48. The van der Waals surface area contributed by atoms with Crippen molar-refractivity contribution in [1.29, 1.82) is 0 Å². The normalized spacial score (nSPS) is 35.5. The first kappa shape index (κ1) is 17.8. The highest BCUT2D eigenvalue weighted by molar-refractivity contribution is 5.93. The Morgan fingerprint density at radius 1 is 1.19 bits per heavy atom. The molecule has 6 nitrogen and oxygen atoms in total. The van der Waals surface area contributed by atoms with Gasteiger partial charge in [0.1, 0.15) is 0 Å². The summed E-state index contributed by atoms with van der Waals surface area (Å²) in [4.78, 5) is 26.3. The summed E-state index contributed by atoms with van der Waals surface area (Å²) in [6.45, 7) is 4.02. The van der Waals surface area contributed by atoms with Crippen LogP contribution in [0.25, 0.3) is 0 Å². The molecule has 0 spiro atoms. The number of urea groups is 1. The molecule has 0 aromatic carbocycles. The number of hydrogen-bond acceptors (Lipinski definition) is 4. The molecule has 2 amide bonds. The fourth-order valence-corrected chi connectivity index (χ4v) is 6.46. The summed E-state index contributed by atoms with van der Waals surface area (Å²) in [6, 6.07) is -0.240. The van der Waals surface area contributed by atoms with E-state index in [1.165, 1.54) is 38.5 Å². The maximum absolute atomic E-state index is 12.2. The molecule has 4 fully saturated rings. The Kier molecular flexibility index (Phi) is 4.71. The average molecular weight is 361 g/mol. The first-order valence-corrected chi connectivity index (χ1v) is 10.1. The Morgan fingerprint density at radius 3 is 2.38 bits per heavy atom. The minimum absolute atomic E-state index is 0.240. The van der Waals surface area contributed by atoms with Gasteiger partial charge in [0.2, 0.25) is 0 Å². The Balaban J connectivity index is 1.45. The maximum atomic E-state index is 12.2. The van der Waals surface area contributed by atoms with Gasteiger partial charge in [-0.05, 0) is 75.7 Å². The minimum atomic E-state index is -0.335. The average Bonchev–Trinajstić information content (AvgIpc) is 2.53. The minimum Gasteiger partial charge on any atom is -0.463 e. The maximum Gasteiger partial charge on any atom is 0.337 e. The number of carbonyl (C=O) groups is 2. The van der Waals surface area contributed by atoms with E-state index in [1.807, 2.05) is 0 Å².